The molecule has 8 nitrogen and oxygen atoms in total. The summed E-state index contributed by atoms with van der Waals surface area (Å²) in [5.74, 6) is 1.08. The van der Waals surface area contributed by atoms with Crippen LogP contribution in [0.3, 0.4) is 0 Å². The zero-order chi connectivity index (χ0) is 25.9. The number of rotatable bonds is 7. The SMILES string of the molecule is CCOc1nc2nn1COCC[Si](C)(C)c1cc(-c3ccc(OCC(C)(C)C(=O)OC)cc3)ccc1-2. The van der Waals surface area contributed by atoms with Crippen LogP contribution in [0.5, 0.6) is 11.8 Å². The van der Waals surface area contributed by atoms with E-state index < -0.39 is 13.5 Å². The molecule has 0 N–H and O–H groups in total. The Morgan fingerprint density at radius 1 is 1.11 bits per heavy atom. The Labute approximate surface area is 213 Å². The molecule has 0 atom stereocenters. The number of benzene rings is 2. The van der Waals surface area contributed by atoms with Crippen molar-refractivity contribution in [2.45, 2.75) is 46.6 Å². The van der Waals surface area contributed by atoms with Crippen LogP contribution in [0.4, 0.5) is 0 Å². The lowest BCUT2D eigenvalue weighted by atomic mass is 9.95. The van der Waals surface area contributed by atoms with Crippen LogP contribution < -0.4 is 14.7 Å². The maximum absolute atomic E-state index is 11.9. The number of esters is 1. The summed E-state index contributed by atoms with van der Waals surface area (Å²) in [6.45, 7) is 12.0. The molecule has 2 heterocycles. The molecule has 0 spiro atoms. The second kappa shape index (κ2) is 10.4. The molecule has 0 saturated carbocycles. The minimum atomic E-state index is -1.85. The van der Waals surface area contributed by atoms with Crippen LogP contribution in [0.25, 0.3) is 22.5 Å². The van der Waals surface area contributed by atoms with Crippen molar-refractivity contribution in [3.63, 3.8) is 0 Å². The third-order valence-electron chi connectivity index (χ3n) is 6.51. The van der Waals surface area contributed by atoms with Crippen molar-refractivity contribution in [2.75, 3.05) is 26.9 Å². The van der Waals surface area contributed by atoms with Gasteiger partial charge in [0.25, 0.3) is 0 Å². The number of nitrogens with zero attached hydrogens (tertiary/aromatic N) is 3. The smallest absolute Gasteiger partial charge is 0.317 e. The van der Waals surface area contributed by atoms with E-state index in [1.54, 1.807) is 18.5 Å². The predicted molar refractivity (Wildman–Crippen MR) is 141 cm³/mol. The van der Waals surface area contributed by atoms with Gasteiger partial charge in [0.15, 0.2) is 5.82 Å². The molecular weight excluding hydrogens is 474 g/mol. The number of carbonyl (C=O) groups excluding carboxylic acids is 1. The molecule has 2 bridgehead atoms. The van der Waals surface area contributed by atoms with Crippen molar-refractivity contribution in [2.24, 2.45) is 5.41 Å². The van der Waals surface area contributed by atoms with Gasteiger partial charge in [0.05, 0.1) is 27.2 Å². The van der Waals surface area contributed by atoms with Crippen LogP contribution in [-0.2, 0) is 21.0 Å². The Hall–Kier alpha value is -3.17. The number of ether oxygens (including phenoxy) is 4. The molecule has 1 aromatic heterocycles. The minimum Gasteiger partial charge on any atom is -0.492 e. The molecular formula is C27H35N3O5Si. The highest BCUT2D eigenvalue weighted by Crippen LogP contribution is 2.29. The second-order valence-electron chi connectivity index (χ2n) is 10.3. The van der Waals surface area contributed by atoms with Gasteiger partial charge in [-0.25, -0.2) is 0 Å². The minimum absolute atomic E-state index is 0.239. The number of aromatic nitrogens is 3. The van der Waals surface area contributed by atoms with E-state index >= 15 is 0 Å². The Morgan fingerprint density at radius 2 is 1.83 bits per heavy atom. The summed E-state index contributed by atoms with van der Waals surface area (Å²) in [7, 11) is -0.465. The summed E-state index contributed by atoms with van der Waals surface area (Å²) in [4.78, 5) is 16.6. The van der Waals surface area contributed by atoms with E-state index in [1.165, 1.54) is 12.3 Å². The van der Waals surface area contributed by atoms with Crippen LogP contribution >= 0.6 is 0 Å². The summed E-state index contributed by atoms with van der Waals surface area (Å²) in [5.41, 5.74) is 2.55. The average molecular weight is 510 g/mol. The molecule has 36 heavy (non-hydrogen) atoms. The zero-order valence-corrected chi connectivity index (χ0v) is 23.0. The third kappa shape index (κ3) is 5.47. The van der Waals surface area contributed by atoms with Crippen molar-refractivity contribution in [1.82, 2.24) is 14.8 Å². The van der Waals surface area contributed by atoms with Gasteiger partial charge >= 0.3 is 12.0 Å². The first-order chi connectivity index (χ1) is 17.1. The van der Waals surface area contributed by atoms with Gasteiger partial charge in [0.2, 0.25) is 0 Å². The Bertz CT molecular complexity index is 1220. The Morgan fingerprint density at radius 3 is 2.53 bits per heavy atom. The predicted octanol–water partition coefficient (Wildman–Crippen LogP) is 4.49. The van der Waals surface area contributed by atoms with Gasteiger partial charge in [-0.05, 0) is 55.3 Å². The number of fused-ring (bicyclic) bond motifs is 4. The molecule has 1 aliphatic heterocycles. The van der Waals surface area contributed by atoms with E-state index in [0.29, 0.717) is 37.5 Å². The first kappa shape index (κ1) is 25.9. The fraction of sp³-hybridized carbons (Fsp3) is 0.444. The van der Waals surface area contributed by atoms with Crippen molar-refractivity contribution < 1.29 is 23.7 Å². The van der Waals surface area contributed by atoms with Crippen LogP contribution in [0.2, 0.25) is 19.1 Å². The maximum Gasteiger partial charge on any atom is 0.317 e. The zero-order valence-electron chi connectivity index (χ0n) is 22.0. The highest BCUT2D eigenvalue weighted by Gasteiger charge is 2.31. The largest absolute Gasteiger partial charge is 0.492 e. The summed E-state index contributed by atoms with van der Waals surface area (Å²) in [6.07, 6.45) is 0. The molecule has 2 aromatic carbocycles. The summed E-state index contributed by atoms with van der Waals surface area (Å²) in [5, 5.41) is 6.00. The topological polar surface area (TPSA) is 84.7 Å². The van der Waals surface area contributed by atoms with Gasteiger partial charge in [0.1, 0.15) is 19.1 Å². The lowest BCUT2D eigenvalue weighted by Crippen LogP contribution is -2.43. The van der Waals surface area contributed by atoms with E-state index in [0.717, 1.165) is 22.7 Å². The standard InChI is InChI=1S/C27H35N3O5Si/c1-7-34-26-28-24-22-13-10-20(16-23(22)36(5,6)15-14-33-18-30(26)29-24)19-8-11-21(12-9-19)35-17-27(2,3)25(31)32-4/h8-13,16H,7,14-15,17-18H2,1-6H3. The Balaban J connectivity index is 1.64. The molecule has 0 saturated heterocycles. The number of hydrogen-bond acceptors (Lipinski definition) is 7. The average Bonchev–Trinajstić information content (AvgIpc) is 3.26. The van der Waals surface area contributed by atoms with Crippen LogP contribution in [0, 0.1) is 5.41 Å². The summed E-state index contributed by atoms with van der Waals surface area (Å²) >= 11 is 0. The first-order valence-electron chi connectivity index (χ1n) is 12.3. The molecule has 3 aromatic rings. The number of hydrogen-bond donors (Lipinski definition) is 0. The number of methoxy groups -OCH3 is 1. The van der Waals surface area contributed by atoms with E-state index in [9.17, 15) is 4.79 Å². The highest BCUT2D eigenvalue weighted by atomic mass is 28.3. The van der Waals surface area contributed by atoms with Gasteiger partial charge in [-0.2, -0.15) is 9.67 Å². The normalized spacial score (nSPS) is 15.1. The second-order valence-corrected chi connectivity index (χ2v) is 15.1. The van der Waals surface area contributed by atoms with Crippen LogP contribution in [0.1, 0.15) is 20.8 Å². The van der Waals surface area contributed by atoms with Gasteiger partial charge in [-0.1, -0.05) is 43.4 Å². The van der Waals surface area contributed by atoms with Gasteiger partial charge in [0, 0.05) is 12.2 Å². The molecule has 0 radical (unpaired) electrons. The lowest BCUT2D eigenvalue weighted by molar-refractivity contribution is -0.152. The summed E-state index contributed by atoms with van der Waals surface area (Å²) in [6, 6.07) is 15.9. The molecule has 1 aliphatic rings. The fourth-order valence-corrected chi connectivity index (χ4v) is 6.59. The van der Waals surface area contributed by atoms with Gasteiger partial charge < -0.3 is 18.9 Å². The van der Waals surface area contributed by atoms with Gasteiger partial charge in [-0.15, -0.1) is 5.10 Å². The van der Waals surface area contributed by atoms with E-state index in [1.807, 2.05) is 31.2 Å². The highest BCUT2D eigenvalue weighted by molar-refractivity contribution is 6.90. The molecule has 9 heteroatoms. The van der Waals surface area contributed by atoms with E-state index in [2.05, 4.69) is 36.3 Å². The van der Waals surface area contributed by atoms with Gasteiger partial charge in [-0.3, -0.25) is 4.79 Å². The van der Waals surface area contributed by atoms with Crippen molar-refractivity contribution in [1.29, 1.82) is 0 Å². The third-order valence-corrected chi connectivity index (χ3v) is 9.84. The lowest BCUT2D eigenvalue weighted by Gasteiger charge is -2.26. The molecule has 0 aliphatic carbocycles. The van der Waals surface area contributed by atoms with Crippen LogP contribution in [0.15, 0.2) is 42.5 Å². The fourth-order valence-electron chi connectivity index (χ4n) is 4.20. The monoisotopic (exact) mass is 509 g/mol. The first-order valence-corrected chi connectivity index (χ1v) is 15.5. The summed E-state index contributed by atoms with van der Waals surface area (Å²) < 4.78 is 24.0. The van der Waals surface area contributed by atoms with E-state index in [-0.39, 0.29) is 12.6 Å². The van der Waals surface area contributed by atoms with Crippen molar-refractivity contribution >= 4 is 19.2 Å². The Kier molecular flexibility index (Phi) is 7.51. The molecule has 0 unspecified atom stereocenters. The van der Waals surface area contributed by atoms with E-state index in [4.69, 9.17) is 24.0 Å². The molecule has 0 fully saturated rings. The molecule has 192 valence electrons. The molecule has 4 rings (SSSR count). The quantitative estimate of drug-likeness (QED) is 0.343. The number of carbonyl (C=O) groups is 1. The molecule has 0 amide bonds. The van der Waals surface area contributed by atoms with Crippen LogP contribution in [-0.4, -0.2) is 55.7 Å². The maximum atomic E-state index is 11.9. The van der Waals surface area contributed by atoms with Crippen molar-refractivity contribution in [3.8, 4) is 34.3 Å². The van der Waals surface area contributed by atoms with Crippen molar-refractivity contribution in [3.05, 3.63) is 42.5 Å².